The lowest BCUT2D eigenvalue weighted by Gasteiger charge is -2.32. The fourth-order valence-corrected chi connectivity index (χ4v) is 2.27. The summed E-state index contributed by atoms with van der Waals surface area (Å²) in [5.74, 6) is 0. The second kappa shape index (κ2) is 4.82. The quantitative estimate of drug-likeness (QED) is 0.644. The van der Waals surface area contributed by atoms with E-state index in [4.69, 9.17) is 20.8 Å². The van der Waals surface area contributed by atoms with Gasteiger partial charge in [0.15, 0.2) is 0 Å². The maximum Gasteiger partial charge on any atom is 0.462 e. The highest BCUT2D eigenvalue weighted by Gasteiger charge is 2.50. The van der Waals surface area contributed by atoms with Gasteiger partial charge in [-0.05, 0) is 51.0 Å². The van der Waals surface area contributed by atoms with E-state index in [1.807, 2.05) is 12.1 Å². The highest BCUT2D eigenvalue weighted by molar-refractivity contribution is 6.45. The molecule has 0 radical (unpaired) electrons. The molecule has 4 N–H and O–H groups in total. The molecule has 1 fully saturated rings. The molecule has 104 valence electrons. The number of nitrogens with two attached hydrogens (primary N) is 2. The van der Waals surface area contributed by atoms with Crippen LogP contribution in [-0.4, -0.2) is 18.3 Å². The van der Waals surface area contributed by atoms with Gasteiger partial charge in [0.25, 0.3) is 0 Å². The maximum absolute atomic E-state index is 5.99. The normalized spacial score (nSPS) is 20.8. The molecule has 0 unspecified atom stereocenters. The van der Waals surface area contributed by atoms with Crippen LogP contribution < -0.4 is 11.5 Å². The van der Waals surface area contributed by atoms with Gasteiger partial charge in [-0.15, -0.1) is 0 Å². The lowest BCUT2D eigenvalue weighted by atomic mass is 9.80. The third-order valence-electron chi connectivity index (χ3n) is 4.02. The molecule has 0 aliphatic carbocycles. The van der Waals surface area contributed by atoms with Gasteiger partial charge in [-0.2, -0.15) is 0 Å². The van der Waals surface area contributed by atoms with Crippen molar-refractivity contribution in [3.8, 4) is 0 Å². The first kappa shape index (κ1) is 14.4. The van der Waals surface area contributed by atoms with E-state index in [0.29, 0.717) is 12.9 Å². The monoisotopic (exact) mass is 262 g/mol. The third kappa shape index (κ3) is 2.94. The van der Waals surface area contributed by atoms with Crippen molar-refractivity contribution in [2.45, 2.75) is 51.8 Å². The van der Waals surface area contributed by atoms with Gasteiger partial charge in [0.1, 0.15) is 0 Å². The van der Waals surface area contributed by atoms with E-state index >= 15 is 0 Å². The number of anilines is 1. The van der Waals surface area contributed by atoms with Crippen LogP contribution in [0.1, 0.15) is 38.8 Å². The van der Waals surface area contributed by atoms with E-state index in [2.05, 4.69) is 33.8 Å². The van der Waals surface area contributed by atoms with Crippen LogP contribution in [0.25, 0.3) is 0 Å². The van der Waals surface area contributed by atoms with Gasteiger partial charge < -0.3 is 20.8 Å². The third-order valence-corrected chi connectivity index (χ3v) is 4.02. The molecular formula is C14H23BN2O2. The summed E-state index contributed by atoms with van der Waals surface area (Å²) in [5, 5.41) is 0. The van der Waals surface area contributed by atoms with Crippen molar-refractivity contribution in [3.05, 3.63) is 29.3 Å². The molecule has 0 amide bonds. The molecule has 0 saturated carbocycles. The summed E-state index contributed by atoms with van der Waals surface area (Å²) in [7, 11) is -0.238. The minimum atomic E-state index is -0.297. The molecule has 5 heteroatoms. The smallest absolute Gasteiger partial charge is 0.403 e. The highest BCUT2D eigenvalue weighted by Crippen LogP contribution is 2.37. The van der Waals surface area contributed by atoms with Crippen LogP contribution >= 0.6 is 0 Å². The van der Waals surface area contributed by atoms with Gasteiger partial charge in [0.2, 0.25) is 0 Å². The van der Waals surface area contributed by atoms with Crippen molar-refractivity contribution in [3.63, 3.8) is 0 Å². The summed E-state index contributed by atoms with van der Waals surface area (Å²) in [6, 6.07) is 5.90. The second-order valence-corrected chi connectivity index (χ2v) is 6.18. The summed E-state index contributed by atoms with van der Waals surface area (Å²) in [5.41, 5.74) is 13.8. The molecule has 0 atom stereocenters. The van der Waals surface area contributed by atoms with Crippen molar-refractivity contribution < 1.29 is 9.31 Å². The molecular weight excluding hydrogens is 239 g/mol. The SMILES string of the molecule is CC1(C)OB(Cc2cc(N)cc(CN)c2)OC1(C)C. The van der Waals surface area contributed by atoms with Crippen molar-refractivity contribution in [1.82, 2.24) is 0 Å². The molecule has 0 bridgehead atoms. The van der Waals surface area contributed by atoms with E-state index in [9.17, 15) is 0 Å². The molecule has 1 aliphatic heterocycles. The number of nitrogen functional groups attached to an aromatic ring is 1. The second-order valence-electron chi connectivity index (χ2n) is 6.18. The zero-order valence-corrected chi connectivity index (χ0v) is 12.2. The Morgan fingerprint density at radius 3 is 2.05 bits per heavy atom. The standard InChI is InChI=1S/C14H23BN2O2/c1-13(2)14(3,4)19-15(18-13)8-10-5-11(9-16)7-12(17)6-10/h5-7H,8-9,16-17H2,1-4H3. The average molecular weight is 262 g/mol. The van der Waals surface area contributed by atoms with Gasteiger partial charge in [-0.1, -0.05) is 6.07 Å². The van der Waals surface area contributed by atoms with Crippen LogP contribution in [0.3, 0.4) is 0 Å². The lowest BCUT2D eigenvalue weighted by molar-refractivity contribution is 0.00578. The number of hydrogen-bond acceptors (Lipinski definition) is 4. The van der Waals surface area contributed by atoms with Crippen LogP contribution in [0.4, 0.5) is 5.69 Å². The van der Waals surface area contributed by atoms with Gasteiger partial charge in [0.05, 0.1) is 11.2 Å². The Bertz CT molecular complexity index is 459. The van der Waals surface area contributed by atoms with E-state index in [1.54, 1.807) is 0 Å². The predicted octanol–water partition coefficient (Wildman–Crippen LogP) is 1.90. The molecule has 1 aromatic rings. The van der Waals surface area contributed by atoms with Crippen LogP contribution in [-0.2, 0) is 22.2 Å². The Morgan fingerprint density at radius 1 is 1.00 bits per heavy atom. The first-order chi connectivity index (χ1) is 8.73. The fourth-order valence-electron chi connectivity index (χ4n) is 2.27. The molecule has 4 nitrogen and oxygen atoms in total. The van der Waals surface area contributed by atoms with Crippen molar-refractivity contribution in [2.75, 3.05) is 5.73 Å². The van der Waals surface area contributed by atoms with Crippen molar-refractivity contribution in [1.29, 1.82) is 0 Å². The molecule has 19 heavy (non-hydrogen) atoms. The van der Waals surface area contributed by atoms with Gasteiger partial charge in [0, 0.05) is 18.6 Å². The molecule has 1 heterocycles. The van der Waals surface area contributed by atoms with Crippen molar-refractivity contribution >= 4 is 12.8 Å². The minimum Gasteiger partial charge on any atom is -0.403 e. The molecule has 1 aliphatic rings. The summed E-state index contributed by atoms with van der Waals surface area (Å²) in [4.78, 5) is 0. The maximum atomic E-state index is 5.99. The molecule has 2 rings (SSSR count). The predicted molar refractivity (Wildman–Crippen MR) is 78.5 cm³/mol. The topological polar surface area (TPSA) is 70.5 Å². The Hall–Kier alpha value is -1.04. The molecule has 0 aromatic heterocycles. The van der Waals surface area contributed by atoms with Crippen LogP contribution in [0, 0.1) is 0 Å². The summed E-state index contributed by atoms with van der Waals surface area (Å²) in [6.45, 7) is 8.70. The van der Waals surface area contributed by atoms with Gasteiger partial charge >= 0.3 is 7.12 Å². The largest absolute Gasteiger partial charge is 0.462 e. The Kier molecular flexibility index (Phi) is 3.64. The molecule has 1 aromatic carbocycles. The first-order valence-electron chi connectivity index (χ1n) is 6.67. The van der Waals surface area contributed by atoms with E-state index in [-0.39, 0.29) is 18.3 Å². The number of rotatable bonds is 3. The first-order valence-corrected chi connectivity index (χ1v) is 6.67. The Balaban J connectivity index is 2.13. The highest BCUT2D eigenvalue weighted by atomic mass is 16.7. The number of hydrogen-bond donors (Lipinski definition) is 2. The van der Waals surface area contributed by atoms with Crippen molar-refractivity contribution in [2.24, 2.45) is 5.73 Å². The van der Waals surface area contributed by atoms with Gasteiger partial charge in [-0.3, -0.25) is 0 Å². The molecule has 0 spiro atoms. The zero-order chi connectivity index (χ0) is 14.3. The Morgan fingerprint density at radius 2 is 1.53 bits per heavy atom. The minimum absolute atomic E-state index is 0.238. The average Bonchev–Trinajstić information content (AvgIpc) is 2.45. The number of benzene rings is 1. The Labute approximate surface area is 115 Å². The summed E-state index contributed by atoms with van der Waals surface area (Å²) < 4.78 is 12.0. The van der Waals surface area contributed by atoms with Crippen LogP contribution in [0.5, 0.6) is 0 Å². The van der Waals surface area contributed by atoms with Gasteiger partial charge in [-0.25, -0.2) is 0 Å². The fraction of sp³-hybridized carbons (Fsp3) is 0.571. The van der Waals surface area contributed by atoms with Crippen LogP contribution in [0.2, 0.25) is 0 Å². The van der Waals surface area contributed by atoms with Crippen LogP contribution in [0.15, 0.2) is 18.2 Å². The van der Waals surface area contributed by atoms with E-state index < -0.39 is 0 Å². The van der Waals surface area contributed by atoms with E-state index in [1.165, 1.54) is 0 Å². The lowest BCUT2D eigenvalue weighted by Crippen LogP contribution is -2.41. The summed E-state index contributed by atoms with van der Waals surface area (Å²) >= 11 is 0. The summed E-state index contributed by atoms with van der Waals surface area (Å²) in [6.07, 6.45) is 0.685. The van der Waals surface area contributed by atoms with E-state index in [0.717, 1.165) is 16.8 Å². The molecule has 1 saturated heterocycles. The zero-order valence-electron chi connectivity index (χ0n) is 12.2.